The highest BCUT2D eigenvalue weighted by molar-refractivity contribution is 7.99. The number of nitrogens with zero attached hydrogens (tertiary/aromatic N) is 1. The van der Waals surface area contributed by atoms with Crippen LogP contribution in [-0.4, -0.2) is 34.0 Å². The van der Waals surface area contributed by atoms with E-state index in [0.29, 0.717) is 11.3 Å². The number of carbonyl (C=O) groups is 2. The van der Waals surface area contributed by atoms with Crippen LogP contribution in [0.25, 0.3) is 0 Å². The van der Waals surface area contributed by atoms with Crippen LogP contribution in [0.1, 0.15) is 44.4 Å². The molecule has 1 atom stereocenters. The van der Waals surface area contributed by atoms with Crippen LogP contribution in [-0.2, 0) is 21.9 Å². The lowest BCUT2D eigenvalue weighted by Gasteiger charge is -2.31. The first-order valence-corrected chi connectivity index (χ1v) is 11.2. The fourth-order valence-corrected chi connectivity index (χ4v) is 3.87. The number of amides is 2. The molecule has 0 radical (unpaired) electrons. The van der Waals surface area contributed by atoms with Gasteiger partial charge >= 0.3 is 0 Å². The summed E-state index contributed by atoms with van der Waals surface area (Å²) in [6.07, 6.45) is 0. The molecule has 0 aromatic heterocycles. The lowest BCUT2D eigenvalue weighted by Crippen LogP contribution is -2.52. The Balaban J connectivity index is 2.11. The molecule has 0 heterocycles. The topological polar surface area (TPSA) is 49.4 Å². The van der Waals surface area contributed by atoms with Crippen LogP contribution in [0.4, 0.5) is 4.39 Å². The molecule has 30 heavy (non-hydrogen) atoms. The molecule has 4 nitrogen and oxygen atoms in total. The zero-order valence-corrected chi connectivity index (χ0v) is 19.2. The van der Waals surface area contributed by atoms with Crippen molar-refractivity contribution in [3.05, 3.63) is 71.0 Å². The number of rotatable bonds is 8. The lowest BCUT2D eigenvalue weighted by molar-refractivity contribution is -0.139. The van der Waals surface area contributed by atoms with Crippen molar-refractivity contribution in [3.63, 3.8) is 0 Å². The second-order valence-corrected chi connectivity index (χ2v) is 9.50. The van der Waals surface area contributed by atoms with Crippen LogP contribution < -0.4 is 5.32 Å². The summed E-state index contributed by atoms with van der Waals surface area (Å²) in [5, 5.41) is 2.91. The van der Waals surface area contributed by atoms with Crippen LogP contribution in [0.2, 0.25) is 0 Å². The summed E-state index contributed by atoms with van der Waals surface area (Å²) in [7, 11) is 0. The molecule has 162 valence electrons. The first-order chi connectivity index (χ1) is 14.1. The largest absolute Gasteiger partial charge is 0.350 e. The summed E-state index contributed by atoms with van der Waals surface area (Å²) in [5.74, 6) is 0.0912. The Labute approximate surface area is 183 Å². The Kier molecular flexibility index (Phi) is 8.47. The minimum atomic E-state index is -0.712. The van der Waals surface area contributed by atoms with Crippen molar-refractivity contribution >= 4 is 23.6 Å². The van der Waals surface area contributed by atoms with Gasteiger partial charge in [-0.2, -0.15) is 0 Å². The van der Waals surface area contributed by atoms with Gasteiger partial charge in [0.2, 0.25) is 11.8 Å². The molecule has 0 saturated carbocycles. The molecular formula is C24H31FN2O2S. The number of benzene rings is 2. The molecule has 0 aliphatic carbocycles. The maximum Gasteiger partial charge on any atom is 0.242 e. The maximum absolute atomic E-state index is 14.2. The predicted octanol–water partition coefficient (Wildman–Crippen LogP) is 4.70. The molecule has 2 aromatic carbocycles. The third kappa shape index (κ3) is 7.48. The monoisotopic (exact) mass is 430 g/mol. The molecule has 0 unspecified atom stereocenters. The average molecular weight is 431 g/mol. The smallest absolute Gasteiger partial charge is 0.242 e. The summed E-state index contributed by atoms with van der Waals surface area (Å²) >= 11 is 1.49. The summed E-state index contributed by atoms with van der Waals surface area (Å²) in [6, 6.07) is 13.8. The zero-order chi connectivity index (χ0) is 22.3. The minimum Gasteiger partial charge on any atom is -0.350 e. The average Bonchev–Trinajstić information content (AvgIpc) is 2.65. The highest BCUT2D eigenvalue weighted by atomic mass is 32.2. The SMILES string of the molecule is Cc1cccc(CSCC(=O)N(Cc2ccccc2F)[C@H](C)C(=O)NC(C)(C)C)c1. The number of halogens is 1. The van der Waals surface area contributed by atoms with E-state index in [1.165, 1.54) is 28.3 Å². The van der Waals surface area contributed by atoms with E-state index in [1.807, 2.05) is 45.9 Å². The predicted molar refractivity (Wildman–Crippen MR) is 122 cm³/mol. The van der Waals surface area contributed by atoms with Crippen LogP contribution in [0.5, 0.6) is 0 Å². The zero-order valence-electron chi connectivity index (χ0n) is 18.4. The summed E-state index contributed by atoms with van der Waals surface area (Å²) in [5.41, 5.74) is 2.29. The molecule has 0 fully saturated rings. The second-order valence-electron chi connectivity index (χ2n) is 8.51. The number of nitrogens with one attached hydrogen (secondary N) is 1. The van der Waals surface area contributed by atoms with Crippen molar-refractivity contribution in [2.75, 3.05) is 5.75 Å². The molecule has 0 bridgehead atoms. The number of hydrogen-bond acceptors (Lipinski definition) is 3. The quantitative estimate of drug-likeness (QED) is 0.660. The third-order valence-corrected chi connectivity index (χ3v) is 5.53. The molecule has 2 amide bonds. The van der Waals surface area contributed by atoms with Gasteiger partial charge in [-0.05, 0) is 46.2 Å². The molecule has 6 heteroatoms. The molecule has 2 aromatic rings. The van der Waals surface area contributed by atoms with E-state index in [4.69, 9.17) is 0 Å². The van der Waals surface area contributed by atoms with Crippen LogP contribution in [0.15, 0.2) is 48.5 Å². The highest BCUT2D eigenvalue weighted by Crippen LogP contribution is 2.18. The Morgan fingerprint density at radius 3 is 2.47 bits per heavy atom. The Morgan fingerprint density at radius 1 is 1.13 bits per heavy atom. The van der Waals surface area contributed by atoms with Crippen molar-refractivity contribution in [1.29, 1.82) is 0 Å². The summed E-state index contributed by atoms with van der Waals surface area (Å²) < 4.78 is 14.2. The van der Waals surface area contributed by atoms with Gasteiger partial charge in [-0.25, -0.2) is 4.39 Å². The van der Waals surface area contributed by atoms with Gasteiger partial charge in [0.25, 0.3) is 0 Å². The number of hydrogen-bond donors (Lipinski definition) is 1. The van der Waals surface area contributed by atoms with Crippen LogP contribution >= 0.6 is 11.8 Å². The van der Waals surface area contributed by atoms with Gasteiger partial charge in [0.1, 0.15) is 11.9 Å². The minimum absolute atomic E-state index is 0.0508. The van der Waals surface area contributed by atoms with Gasteiger partial charge in [0.15, 0.2) is 0 Å². The van der Waals surface area contributed by atoms with Gasteiger partial charge in [-0.3, -0.25) is 9.59 Å². The first kappa shape index (κ1) is 23.9. The van der Waals surface area contributed by atoms with Crippen LogP contribution in [0.3, 0.4) is 0 Å². The van der Waals surface area contributed by atoms with Crippen molar-refractivity contribution < 1.29 is 14.0 Å². The van der Waals surface area contributed by atoms with E-state index in [9.17, 15) is 14.0 Å². The molecular weight excluding hydrogens is 399 g/mol. The first-order valence-electron chi connectivity index (χ1n) is 10.0. The number of aryl methyl sites for hydroxylation is 1. The van der Waals surface area contributed by atoms with Crippen molar-refractivity contribution in [3.8, 4) is 0 Å². The van der Waals surface area contributed by atoms with Gasteiger partial charge in [-0.15, -0.1) is 11.8 Å². The molecule has 0 saturated heterocycles. The van der Waals surface area contributed by atoms with E-state index in [0.717, 1.165) is 5.56 Å². The van der Waals surface area contributed by atoms with Gasteiger partial charge in [-0.1, -0.05) is 48.0 Å². The maximum atomic E-state index is 14.2. The van der Waals surface area contributed by atoms with Crippen LogP contribution in [0, 0.1) is 12.7 Å². The third-order valence-electron chi connectivity index (χ3n) is 4.54. The van der Waals surface area contributed by atoms with E-state index >= 15 is 0 Å². The lowest BCUT2D eigenvalue weighted by atomic mass is 10.1. The van der Waals surface area contributed by atoms with Crippen molar-refractivity contribution in [2.45, 2.75) is 58.5 Å². The number of thioether (sulfide) groups is 1. The Bertz CT molecular complexity index is 880. The van der Waals surface area contributed by atoms with Gasteiger partial charge in [0, 0.05) is 23.4 Å². The second kappa shape index (κ2) is 10.6. The van der Waals surface area contributed by atoms with E-state index in [1.54, 1.807) is 25.1 Å². The van der Waals surface area contributed by atoms with Crippen molar-refractivity contribution in [2.24, 2.45) is 0 Å². The number of carbonyl (C=O) groups excluding carboxylic acids is 2. The fourth-order valence-electron chi connectivity index (χ4n) is 3.01. The normalized spacial score (nSPS) is 12.3. The van der Waals surface area contributed by atoms with E-state index < -0.39 is 11.6 Å². The molecule has 0 spiro atoms. The highest BCUT2D eigenvalue weighted by Gasteiger charge is 2.28. The van der Waals surface area contributed by atoms with E-state index in [2.05, 4.69) is 11.4 Å². The summed E-state index contributed by atoms with van der Waals surface area (Å²) in [4.78, 5) is 27.2. The molecule has 0 aliphatic rings. The standard InChI is InChI=1S/C24H31FN2O2S/c1-17-9-8-10-19(13-17)15-30-16-22(28)27(14-20-11-6-7-12-21(20)25)18(2)23(29)26-24(3,4)5/h6-13,18H,14-16H2,1-5H3,(H,26,29)/t18-/m1/s1. The van der Waals surface area contributed by atoms with Crippen molar-refractivity contribution in [1.82, 2.24) is 10.2 Å². The molecule has 2 rings (SSSR count). The van der Waals surface area contributed by atoms with Gasteiger partial charge in [0.05, 0.1) is 5.75 Å². The summed E-state index contributed by atoms with van der Waals surface area (Å²) in [6.45, 7) is 9.43. The fraction of sp³-hybridized carbons (Fsp3) is 0.417. The molecule has 0 aliphatic heterocycles. The van der Waals surface area contributed by atoms with E-state index in [-0.39, 0.29) is 29.9 Å². The molecule has 1 N–H and O–H groups in total. The van der Waals surface area contributed by atoms with Gasteiger partial charge < -0.3 is 10.2 Å². The Hall–Kier alpha value is -2.34. The Morgan fingerprint density at radius 2 is 1.83 bits per heavy atom.